The number of carbonyl (C=O) groups excluding carboxylic acids is 1. The first kappa shape index (κ1) is 20.7. The second-order valence-electron chi connectivity index (χ2n) is 7.39. The minimum atomic E-state index is -0.359. The van der Waals surface area contributed by atoms with Crippen molar-refractivity contribution in [2.45, 2.75) is 5.88 Å². The van der Waals surface area contributed by atoms with Crippen molar-refractivity contribution in [3.8, 4) is 11.4 Å². The first-order chi connectivity index (χ1) is 16.1. The predicted molar refractivity (Wildman–Crippen MR) is 130 cm³/mol. The minimum Gasteiger partial charge on any atom is -0.322 e. The van der Waals surface area contributed by atoms with E-state index < -0.39 is 0 Å². The molecule has 0 unspecified atom stereocenters. The van der Waals surface area contributed by atoms with E-state index in [0.717, 1.165) is 27.5 Å². The third kappa shape index (κ3) is 3.68. The monoisotopic (exact) mass is 455 g/mol. The highest BCUT2D eigenvalue weighted by atomic mass is 35.5. The topological polar surface area (TPSA) is 81.8 Å². The average molecular weight is 456 g/mol. The molecule has 0 saturated carbocycles. The molecule has 5 rings (SSSR count). The molecule has 0 aliphatic heterocycles. The van der Waals surface area contributed by atoms with E-state index in [4.69, 9.17) is 11.6 Å². The largest absolute Gasteiger partial charge is 0.322 e. The van der Waals surface area contributed by atoms with Crippen LogP contribution in [0.25, 0.3) is 33.2 Å². The molecule has 0 spiro atoms. The standard InChI is InChI=1S/C25H18ClN5O2/c1-2-23(32)29-22-13-19(6-4-16(22)14-26)31-24(33)9-5-17-15-27-21-8-7-18(12-20(21)25(17)31)30-11-3-10-28-30/h2-13,15H,1,14H2,(H,29,32). The quantitative estimate of drug-likeness (QED) is 0.239. The van der Waals surface area contributed by atoms with Gasteiger partial charge in [-0.25, -0.2) is 4.68 Å². The summed E-state index contributed by atoms with van der Waals surface area (Å²) in [5.74, 6) is -0.153. The molecule has 33 heavy (non-hydrogen) atoms. The lowest BCUT2D eigenvalue weighted by molar-refractivity contribution is -0.111. The average Bonchev–Trinajstić information content (AvgIpc) is 3.38. The highest BCUT2D eigenvalue weighted by molar-refractivity contribution is 6.17. The van der Waals surface area contributed by atoms with Crippen LogP contribution in [0.4, 0.5) is 5.69 Å². The maximum Gasteiger partial charge on any atom is 0.255 e. The lowest BCUT2D eigenvalue weighted by atomic mass is 10.1. The molecule has 2 aromatic carbocycles. The van der Waals surface area contributed by atoms with E-state index in [2.05, 4.69) is 22.0 Å². The van der Waals surface area contributed by atoms with Crippen molar-refractivity contribution in [3.63, 3.8) is 0 Å². The highest BCUT2D eigenvalue weighted by Crippen LogP contribution is 2.28. The molecule has 0 aliphatic rings. The zero-order chi connectivity index (χ0) is 22.9. The van der Waals surface area contributed by atoms with Crippen LogP contribution in [0, 0.1) is 0 Å². The summed E-state index contributed by atoms with van der Waals surface area (Å²) in [6, 6.07) is 16.2. The first-order valence-electron chi connectivity index (χ1n) is 10.2. The number of fused-ring (bicyclic) bond motifs is 3. The number of aromatic nitrogens is 4. The third-order valence-electron chi connectivity index (χ3n) is 5.41. The van der Waals surface area contributed by atoms with Crippen LogP contribution in [0.5, 0.6) is 0 Å². The molecule has 0 atom stereocenters. The number of alkyl halides is 1. The second kappa shape index (κ2) is 8.37. The molecule has 0 aliphatic carbocycles. The molecule has 3 heterocycles. The molecule has 0 radical (unpaired) electrons. The number of rotatable bonds is 5. The van der Waals surface area contributed by atoms with Gasteiger partial charge >= 0.3 is 0 Å². The summed E-state index contributed by atoms with van der Waals surface area (Å²) in [6.07, 6.45) is 6.49. The molecule has 0 saturated heterocycles. The number of hydrogen-bond donors (Lipinski definition) is 1. The predicted octanol–water partition coefficient (Wildman–Crippen LogP) is 4.59. The lowest BCUT2D eigenvalue weighted by Crippen LogP contribution is -2.18. The van der Waals surface area contributed by atoms with Crippen molar-refractivity contribution in [1.29, 1.82) is 0 Å². The van der Waals surface area contributed by atoms with Crippen molar-refractivity contribution < 1.29 is 4.79 Å². The Morgan fingerprint density at radius 3 is 2.73 bits per heavy atom. The molecule has 0 bridgehead atoms. The number of pyridine rings is 2. The van der Waals surface area contributed by atoms with Crippen LogP contribution in [0.15, 0.2) is 90.6 Å². The Morgan fingerprint density at radius 1 is 1.12 bits per heavy atom. The van der Waals surface area contributed by atoms with Crippen LogP contribution in [-0.2, 0) is 10.7 Å². The molecule has 8 heteroatoms. The molecule has 7 nitrogen and oxygen atoms in total. The minimum absolute atomic E-state index is 0.206. The Kier molecular flexibility index (Phi) is 5.24. The molecular weight excluding hydrogens is 438 g/mol. The molecule has 1 amide bonds. The van der Waals surface area contributed by atoms with Gasteiger partial charge in [0.25, 0.3) is 5.56 Å². The fourth-order valence-electron chi connectivity index (χ4n) is 3.84. The molecule has 162 valence electrons. The number of benzene rings is 2. The number of halogens is 1. The Bertz CT molecular complexity index is 1590. The maximum atomic E-state index is 13.1. The second-order valence-corrected chi connectivity index (χ2v) is 7.66. The zero-order valence-corrected chi connectivity index (χ0v) is 18.2. The normalized spacial score (nSPS) is 11.1. The lowest BCUT2D eigenvalue weighted by Gasteiger charge is -2.16. The van der Waals surface area contributed by atoms with Crippen LogP contribution in [-0.4, -0.2) is 25.2 Å². The van der Waals surface area contributed by atoms with E-state index in [-0.39, 0.29) is 17.3 Å². The van der Waals surface area contributed by atoms with Gasteiger partial charge in [0.15, 0.2) is 0 Å². The summed E-state index contributed by atoms with van der Waals surface area (Å²) in [5.41, 5.74) is 3.94. The Balaban J connectivity index is 1.81. The summed E-state index contributed by atoms with van der Waals surface area (Å²) >= 11 is 6.07. The number of nitrogens with zero attached hydrogens (tertiary/aromatic N) is 4. The molecule has 5 aromatic rings. The SMILES string of the molecule is C=CC(=O)Nc1cc(-n2c(=O)ccc3cnc4ccc(-n5cccn5)cc4c32)ccc1CCl. The van der Waals surface area contributed by atoms with Crippen molar-refractivity contribution in [2.75, 3.05) is 5.32 Å². The summed E-state index contributed by atoms with van der Waals surface area (Å²) in [6.45, 7) is 3.50. The number of hydrogen-bond acceptors (Lipinski definition) is 4. The van der Waals surface area contributed by atoms with Gasteiger partial charge < -0.3 is 5.32 Å². The molecular formula is C25H18ClN5O2. The third-order valence-corrected chi connectivity index (χ3v) is 5.70. The zero-order valence-electron chi connectivity index (χ0n) is 17.4. The van der Waals surface area contributed by atoms with E-state index in [0.29, 0.717) is 16.9 Å². The van der Waals surface area contributed by atoms with Crippen LogP contribution >= 0.6 is 11.6 Å². The summed E-state index contributed by atoms with van der Waals surface area (Å²) in [4.78, 5) is 29.6. The van der Waals surface area contributed by atoms with Crippen molar-refractivity contribution in [3.05, 3.63) is 102 Å². The Labute approximate surface area is 193 Å². The van der Waals surface area contributed by atoms with Gasteiger partial charge in [-0.2, -0.15) is 5.10 Å². The van der Waals surface area contributed by atoms with Crippen molar-refractivity contribution >= 4 is 45.0 Å². The molecule has 1 N–H and O–H groups in total. The first-order valence-corrected chi connectivity index (χ1v) is 10.7. The van der Waals surface area contributed by atoms with Gasteiger partial charge in [0.1, 0.15) is 0 Å². The summed E-state index contributed by atoms with van der Waals surface area (Å²) in [7, 11) is 0. The van der Waals surface area contributed by atoms with Crippen molar-refractivity contribution in [1.82, 2.24) is 19.3 Å². The highest BCUT2D eigenvalue weighted by Gasteiger charge is 2.14. The summed E-state index contributed by atoms with van der Waals surface area (Å²) < 4.78 is 3.37. The van der Waals surface area contributed by atoms with Crippen LogP contribution < -0.4 is 10.9 Å². The van der Waals surface area contributed by atoms with E-state index in [1.54, 1.807) is 39.8 Å². The Hall–Kier alpha value is -4.23. The van der Waals surface area contributed by atoms with Gasteiger partial charge in [-0.15, -0.1) is 11.6 Å². The van der Waals surface area contributed by atoms with E-state index in [1.165, 1.54) is 12.1 Å². The van der Waals surface area contributed by atoms with Gasteiger partial charge in [-0.1, -0.05) is 12.6 Å². The van der Waals surface area contributed by atoms with Crippen molar-refractivity contribution in [2.24, 2.45) is 0 Å². The van der Waals surface area contributed by atoms with Crippen LogP contribution in [0.1, 0.15) is 5.56 Å². The van der Waals surface area contributed by atoms with Gasteiger partial charge in [0, 0.05) is 47.0 Å². The number of amides is 1. The Morgan fingerprint density at radius 2 is 1.97 bits per heavy atom. The van der Waals surface area contributed by atoms with E-state index in [1.807, 2.05) is 36.5 Å². The van der Waals surface area contributed by atoms with E-state index in [9.17, 15) is 9.59 Å². The van der Waals surface area contributed by atoms with Gasteiger partial charge in [0.2, 0.25) is 5.91 Å². The van der Waals surface area contributed by atoms with Crippen LogP contribution in [0.3, 0.4) is 0 Å². The van der Waals surface area contributed by atoms with Gasteiger partial charge in [-0.3, -0.25) is 19.1 Å². The van der Waals surface area contributed by atoms with Gasteiger partial charge in [-0.05, 0) is 54.1 Å². The number of carbonyl (C=O) groups is 1. The maximum absolute atomic E-state index is 13.1. The smallest absolute Gasteiger partial charge is 0.255 e. The number of anilines is 1. The fourth-order valence-corrected chi connectivity index (χ4v) is 4.07. The number of nitrogens with one attached hydrogen (secondary N) is 1. The van der Waals surface area contributed by atoms with E-state index >= 15 is 0 Å². The molecule has 3 aromatic heterocycles. The summed E-state index contributed by atoms with van der Waals surface area (Å²) in [5, 5.41) is 8.68. The van der Waals surface area contributed by atoms with Crippen LogP contribution in [0.2, 0.25) is 0 Å². The van der Waals surface area contributed by atoms with Gasteiger partial charge in [0.05, 0.1) is 22.4 Å². The molecule has 0 fully saturated rings. The fraction of sp³-hybridized carbons (Fsp3) is 0.0400.